The maximum absolute atomic E-state index is 12.4. The monoisotopic (exact) mass is 283 g/mol. The summed E-state index contributed by atoms with van der Waals surface area (Å²) in [5, 5.41) is 9.33. The second kappa shape index (κ2) is 6.44. The molecule has 1 unspecified atom stereocenters. The number of phenols is 1. The molecule has 0 radical (unpaired) electrons. The third-order valence-electron chi connectivity index (χ3n) is 3.79. The van der Waals surface area contributed by atoms with Crippen LogP contribution in [-0.4, -0.2) is 23.0 Å². The fourth-order valence-corrected chi connectivity index (χ4v) is 2.31. The van der Waals surface area contributed by atoms with E-state index in [1.54, 1.807) is 17.0 Å². The second-order valence-electron chi connectivity index (χ2n) is 5.44. The first-order valence-electron chi connectivity index (χ1n) is 7.07. The number of carbonyl (C=O) groups excluding carboxylic acids is 1. The molecule has 1 atom stereocenters. The van der Waals surface area contributed by atoms with E-state index < -0.39 is 0 Å². The molecule has 3 heteroatoms. The van der Waals surface area contributed by atoms with Crippen LogP contribution in [0.15, 0.2) is 48.5 Å². The molecule has 0 saturated carbocycles. The predicted molar refractivity (Wildman–Crippen MR) is 84.2 cm³/mol. The average molecular weight is 283 g/mol. The topological polar surface area (TPSA) is 40.5 Å². The molecule has 0 saturated heterocycles. The van der Waals surface area contributed by atoms with Gasteiger partial charge in [0.2, 0.25) is 5.91 Å². The summed E-state index contributed by atoms with van der Waals surface area (Å²) in [5.74, 6) is 0.320. The van der Waals surface area contributed by atoms with Crippen LogP contribution in [0, 0.1) is 6.92 Å². The highest BCUT2D eigenvalue weighted by Crippen LogP contribution is 2.21. The molecule has 1 N–H and O–H groups in total. The summed E-state index contributed by atoms with van der Waals surface area (Å²) in [6.07, 6.45) is 0.403. The summed E-state index contributed by atoms with van der Waals surface area (Å²) >= 11 is 0. The van der Waals surface area contributed by atoms with Gasteiger partial charge in [0.05, 0.1) is 12.5 Å². The second-order valence-corrected chi connectivity index (χ2v) is 5.44. The van der Waals surface area contributed by atoms with Crippen molar-refractivity contribution >= 4 is 5.91 Å². The molecule has 1 amide bonds. The molecule has 0 bridgehead atoms. The number of carbonyl (C=O) groups is 1. The first-order chi connectivity index (χ1) is 9.97. The molecule has 2 rings (SSSR count). The Kier molecular flexibility index (Phi) is 4.63. The maximum atomic E-state index is 12.4. The van der Waals surface area contributed by atoms with Crippen LogP contribution in [0.2, 0.25) is 0 Å². The van der Waals surface area contributed by atoms with Crippen LogP contribution in [0.4, 0.5) is 0 Å². The van der Waals surface area contributed by atoms with Gasteiger partial charge in [0.1, 0.15) is 5.75 Å². The maximum Gasteiger partial charge on any atom is 0.227 e. The van der Waals surface area contributed by atoms with E-state index in [0.717, 1.165) is 16.7 Å². The van der Waals surface area contributed by atoms with Gasteiger partial charge in [0.25, 0.3) is 0 Å². The molecule has 2 aromatic rings. The number of phenolic OH excluding ortho intramolecular Hbond substituents is 1. The van der Waals surface area contributed by atoms with Gasteiger partial charge < -0.3 is 10.0 Å². The van der Waals surface area contributed by atoms with Crippen molar-refractivity contribution in [3.8, 4) is 5.75 Å². The molecular weight excluding hydrogens is 262 g/mol. The summed E-state index contributed by atoms with van der Waals surface area (Å²) in [6, 6.07) is 15.0. The molecule has 21 heavy (non-hydrogen) atoms. The van der Waals surface area contributed by atoms with Crippen LogP contribution in [-0.2, 0) is 11.2 Å². The Morgan fingerprint density at radius 1 is 1.19 bits per heavy atom. The summed E-state index contributed by atoms with van der Waals surface area (Å²) in [4.78, 5) is 14.1. The van der Waals surface area contributed by atoms with E-state index in [0.29, 0.717) is 6.42 Å². The standard InChI is InChI=1S/C18H21NO2/c1-13-5-4-6-15(11-13)12-18(21)19(3)14(2)16-7-9-17(20)10-8-16/h4-11,14,20H,12H2,1-3H3. The lowest BCUT2D eigenvalue weighted by Crippen LogP contribution is -2.30. The van der Waals surface area contributed by atoms with Gasteiger partial charge in [-0.15, -0.1) is 0 Å². The van der Waals surface area contributed by atoms with Crippen LogP contribution in [0.5, 0.6) is 5.75 Å². The molecule has 0 aromatic heterocycles. The van der Waals surface area contributed by atoms with Gasteiger partial charge in [0.15, 0.2) is 0 Å². The lowest BCUT2D eigenvalue weighted by atomic mass is 10.0. The van der Waals surface area contributed by atoms with E-state index in [-0.39, 0.29) is 17.7 Å². The molecule has 3 nitrogen and oxygen atoms in total. The zero-order valence-corrected chi connectivity index (χ0v) is 12.7. The van der Waals surface area contributed by atoms with Crippen molar-refractivity contribution in [1.29, 1.82) is 0 Å². The molecule has 0 aliphatic carbocycles. The fraction of sp³-hybridized carbons (Fsp3) is 0.278. The van der Waals surface area contributed by atoms with E-state index in [2.05, 4.69) is 0 Å². The van der Waals surface area contributed by atoms with Gasteiger partial charge in [-0.05, 0) is 37.1 Å². The normalized spacial score (nSPS) is 12.0. The van der Waals surface area contributed by atoms with Gasteiger partial charge in [-0.25, -0.2) is 0 Å². The smallest absolute Gasteiger partial charge is 0.227 e. The Bertz CT molecular complexity index is 619. The third kappa shape index (κ3) is 3.85. The van der Waals surface area contributed by atoms with Crippen molar-refractivity contribution in [3.63, 3.8) is 0 Å². The van der Waals surface area contributed by atoms with Gasteiger partial charge in [-0.2, -0.15) is 0 Å². The highest BCUT2D eigenvalue weighted by Gasteiger charge is 2.17. The van der Waals surface area contributed by atoms with Gasteiger partial charge in [-0.3, -0.25) is 4.79 Å². The van der Waals surface area contributed by atoms with Gasteiger partial charge in [0, 0.05) is 7.05 Å². The molecule has 110 valence electrons. The van der Waals surface area contributed by atoms with Gasteiger partial charge >= 0.3 is 0 Å². The lowest BCUT2D eigenvalue weighted by molar-refractivity contribution is -0.131. The summed E-state index contributed by atoms with van der Waals surface area (Å²) in [5.41, 5.74) is 3.20. The largest absolute Gasteiger partial charge is 0.508 e. The molecular formula is C18H21NO2. The van der Waals surface area contributed by atoms with Crippen molar-refractivity contribution in [3.05, 3.63) is 65.2 Å². The number of aryl methyl sites for hydroxylation is 1. The Labute approximate surface area is 125 Å². The number of amides is 1. The molecule has 0 aliphatic rings. The minimum Gasteiger partial charge on any atom is -0.508 e. The minimum atomic E-state index is -0.0251. The van der Waals surface area contributed by atoms with E-state index in [1.165, 1.54) is 0 Å². The minimum absolute atomic E-state index is 0.0251. The van der Waals surface area contributed by atoms with Crippen molar-refractivity contribution in [2.45, 2.75) is 26.3 Å². The zero-order valence-electron chi connectivity index (χ0n) is 12.7. The van der Waals surface area contributed by atoms with Crippen molar-refractivity contribution < 1.29 is 9.90 Å². The number of rotatable bonds is 4. The summed E-state index contributed by atoms with van der Waals surface area (Å²) in [6.45, 7) is 4.01. The number of hydrogen-bond acceptors (Lipinski definition) is 2. The molecule has 0 spiro atoms. The number of likely N-dealkylation sites (N-methyl/N-ethyl adjacent to an activating group) is 1. The highest BCUT2D eigenvalue weighted by molar-refractivity contribution is 5.79. The van der Waals surface area contributed by atoms with Crippen LogP contribution >= 0.6 is 0 Å². The van der Waals surface area contributed by atoms with E-state index in [1.807, 2.05) is 57.3 Å². The van der Waals surface area contributed by atoms with Crippen molar-refractivity contribution in [1.82, 2.24) is 4.90 Å². The van der Waals surface area contributed by atoms with Crippen LogP contribution in [0.1, 0.15) is 29.7 Å². The van der Waals surface area contributed by atoms with E-state index >= 15 is 0 Å². The summed E-state index contributed by atoms with van der Waals surface area (Å²) in [7, 11) is 1.82. The average Bonchev–Trinajstić information content (AvgIpc) is 2.46. The van der Waals surface area contributed by atoms with Crippen LogP contribution < -0.4 is 0 Å². The predicted octanol–water partition coefficient (Wildman–Crippen LogP) is 3.46. The Morgan fingerprint density at radius 3 is 2.48 bits per heavy atom. The number of hydrogen-bond donors (Lipinski definition) is 1. The molecule has 0 heterocycles. The van der Waals surface area contributed by atoms with E-state index in [9.17, 15) is 9.90 Å². The zero-order chi connectivity index (χ0) is 15.4. The highest BCUT2D eigenvalue weighted by atomic mass is 16.3. The summed E-state index contributed by atoms with van der Waals surface area (Å²) < 4.78 is 0. The fourth-order valence-electron chi connectivity index (χ4n) is 2.31. The van der Waals surface area contributed by atoms with Crippen LogP contribution in [0.3, 0.4) is 0 Å². The molecule has 2 aromatic carbocycles. The quantitative estimate of drug-likeness (QED) is 0.933. The number of nitrogens with zero attached hydrogens (tertiary/aromatic N) is 1. The molecule has 0 aliphatic heterocycles. The number of benzene rings is 2. The van der Waals surface area contributed by atoms with Gasteiger partial charge in [-0.1, -0.05) is 42.0 Å². The number of aromatic hydroxyl groups is 1. The van der Waals surface area contributed by atoms with Crippen LogP contribution in [0.25, 0.3) is 0 Å². The first kappa shape index (κ1) is 15.1. The van der Waals surface area contributed by atoms with Crippen molar-refractivity contribution in [2.75, 3.05) is 7.05 Å². The van der Waals surface area contributed by atoms with E-state index in [4.69, 9.17) is 0 Å². The lowest BCUT2D eigenvalue weighted by Gasteiger charge is -2.25. The molecule has 0 fully saturated rings. The Balaban J connectivity index is 2.06. The Morgan fingerprint density at radius 2 is 1.86 bits per heavy atom. The van der Waals surface area contributed by atoms with Crippen molar-refractivity contribution in [2.24, 2.45) is 0 Å². The first-order valence-corrected chi connectivity index (χ1v) is 7.07. The third-order valence-corrected chi connectivity index (χ3v) is 3.79. The Hall–Kier alpha value is -2.29. The SMILES string of the molecule is Cc1cccc(CC(=O)N(C)C(C)c2ccc(O)cc2)c1.